The van der Waals surface area contributed by atoms with Crippen molar-refractivity contribution in [3.05, 3.63) is 57.9 Å². The summed E-state index contributed by atoms with van der Waals surface area (Å²) in [5, 5.41) is 0. The maximum Gasteiger partial charge on any atom is 0.343 e. The Morgan fingerprint density at radius 2 is 2.11 bits per heavy atom. The van der Waals surface area contributed by atoms with Crippen LogP contribution in [0.3, 0.4) is 0 Å². The summed E-state index contributed by atoms with van der Waals surface area (Å²) in [5.41, 5.74) is 3.66. The fraction of sp³-hybridized carbons (Fsp3) is 0.364. The maximum atomic E-state index is 12.7. The predicted molar refractivity (Wildman–Crippen MR) is 104 cm³/mol. The minimum absolute atomic E-state index is 0.0791. The number of fused-ring (bicyclic) bond motifs is 4. The second kappa shape index (κ2) is 6.41. The quantitative estimate of drug-likeness (QED) is 0.774. The first-order valence-corrected chi connectivity index (χ1v) is 9.31. The van der Waals surface area contributed by atoms with Gasteiger partial charge in [-0.3, -0.25) is 4.79 Å². The topological polar surface area (TPSA) is 57.5 Å². The van der Waals surface area contributed by atoms with Crippen LogP contribution in [0.2, 0.25) is 0 Å². The van der Waals surface area contributed by atoms with E-state index in [2.05, 4.69) is 17.2 Å². The van der Waals surface area contributed by atoms with E-state index in [0.717, 1.165) is 48.3 Å². The van der Waals surface area contributed by atoms with Crippen molar-refractivity contribution < 1.29 is 14.3 Å². The standard InChI is InChI=1S/C22H23NO4/c1-4-14-9-15-12-22(7-6-8-22)23-13-17(21(25)27-5-2)19(24)11-18(23)16(15)10-20(14)26-3/h4,9-11,13H,1,5-8,12H2,2-3H3. The molecule has 1 aliphatic carbocycles. The smallest absolute Gasteiger partial charge is 0.343 e. The molecule has 2 aliphatic rings. The molecule has 1 aromatic heterocycles. The zero-order valence-electron chi connectivity index (χ0n) is 15.7. The summed E-state index contributed by atoms with van der Waals surface area (Å²) in [5.74, 6) is 0.166. The van der Waals surface area contributed by atoms with Gasteiger partial charge in [0, 0.05) is 28.9 Å². The predicted octanol–water partition coefficient (Wildman–Crippen LogP) is 3.78. The molecule has 0 saturated heterocycles. The number of methoxy groups -OCH3 is 1. The largest absolute Gasteiger partial charge is 0.496 e. The zero-order valence-corrected chi connectivity index (χ0v) is 15.7. The molecule has 0 N–H and O–H groups in total. The summed E-state index contributed by atoms with van der Waals surface area (Å²) in [7, 11) is 1.63. The molecule has 2 heterocycles. The monoisotopic (exact) mass is 365 g/mol. The van der Waals surface area contributed by atoms with Gasteiger partial charge >= 0.3 is 5.97 Å². The molecule has 5 nitrogen and oxygen atoms in total. The number of nitrogens with zero attached hydrogens (tertiary/aromatic N) is 1. The van der Waals surface area contributed by atoms with Gasteiger partial charge in [-0.1, -0.05) is 12.7 Å². The van der Waals surface area contributed by atoms with Crippen LogP contribution in [0.15, 0.2) is 35.8 Å². The van der Waals surface area contributed by atoms with Gasteiger partial charge in [-0.2, -0.15) is 0 Å². The molecule has 0 atom stereocenters. The van der Waals surface area contributed by atoms with E-state index in [1.54, 1.807) is 32.4 Å². The third-order valence-corrected chi connectivity index (χ3v) is 5.81. The Morgan fingerprint density at radius 3 is 2.70 bits per heavy atom. The molecule has 1 spiro atoms. The molecular weight excluding hydrogens is 342 g/mol. The van der Waals surface area contributed by atoms with E-state index in [4.69, 9.17) is 9.47 Å². The number of hydrogen-bond acceptors (Lipinski definition) is 4. The first-order valence-electron chi connectivity index (χ1n) is 9.31. The number of ether oxygens (including phenoxy) is 2. The van der Waals surface area contributed by atoms with Crippen LogP contribution in [0, 0.1) is 0 Å². The van der Waals surface area contributed by atoms with Crippen molar-refractivity contribution in [1.29, 1.82) is 0 Å². The third-order valence-electron chi connectivity index (χ3n) is 5.81. The second-order valence-electron chi connectivity index (χ2n) is 7.24. The van der Waals surface area contributed by atoms with E-state index in [-0.39, 0.29) is 23.1 Å². The highest BCUT2D eigenvalue weighted by Crippen LogP contribution is 2.49. The van der Waals surface area contributed by atoms with Crippen molar-refractivity contribution in [2.75, 3.05) is 13.7 Å². The Morgan fingerprint density at radius 1 is 1.33 bits per heavy atom. The van der Waals surface area contributed by atoms with Gasteiger partial charge in [-0.25, -0.2) is 4.79 Å². The van der Waals surface area contributed by atoms with Crippen LogP contribution in [0.4, 0.5) is 0 Å². The number of carbonyl (C=O) groups excluding carboxylic acids is 1. The Kier molecular flexibility index (Phi) is 4.17. The summed E-state index contributed by atoms with van der Waals surface area (Å²) in [6.07, 6.45) is 7.55. The minimum atomic E-state index is -0.558. The van der Waals surface area contributed by atoms with Crippen LogP contribution in [0.5, 0.6) is 5.75 Å². The van der Waals surface area contributed by atoms with Crippen molar-refractivity contribution in [2.45, 2.75) is 38.1 Å². The van der Waals surface area contributed by atoms with E-state index >= 15 is 0 Å². The summed E-state index contributed by atoms with van der Waals surface area (Å²) in [4.78, 5) is 24.9. The highest BCUT2D eigenvalue weighted by Gasteiger charge is 2.43. The van der Waals surface area contributed by atoms with Gasteiger partial charge in [0.15, 0.2) is 5.43 Å². The van der Waals surface area contributed by atoms with Gasteiger partial charge in [0.2, 0.25) is 0 Å². The van der Waals surface area contributed by atoms with E-state index in [0.29, 0.717) is 0 Å². The van der Waals surface area contributed by atoms with E-state index < -0.39 is 5.97 Å². The molecule has 2 aromatic rings. The number of benzene rings is 1. The maximum absolute atomic E-state index is 12.7. The van der Waals surface area contributed by atoms with Crippen LogP contribution in [-0.2, 0) is 16.7 Å². The SMILES string of the molecule is C=Cc1cc2c(cc1OC)-c1cc(=O)c(C(=O)OCC)cn1C1(CCC1)C2. The fourth-order valence-corrected chi connectivity index (χ4v) is 4.30. The second-order valence-corrected chi connectivity index (χ2v) is 7.24. The van der Waals surface area contributed by atoms with Crippen LogP contribution in [-0.4, -0.2) is 24.3 Å². The van der Waals surface area contributed by atoms with Crippen molar-refractivity contribution in [3.8, 4) is 17.0 Å². The average Bonchev–Trinajstić information content (AvgIpc) is 2.64. The summed E-state index contributed by atoms with van der Waals surface area (Å²) in [6.45, 7) is 5.86. The number of esters is 1. The van der Waals surface area contributed by atoms with Crippen molar-refractivity contribution in [1.82, 2.24) is 4.57 Å². The minimum Gasteiger partial charge on any atom is -0.496 e. The first-order chi connectivity index (χ1) is 13.0. The molecule has 1 aliphatic heterocycles. The van der Waals surface area contributed by atoms with Crippen molar-refractivity contribution >= 4 is 12.0 Å². The average molecular weight is 365 g/mol. The van der Waals surface area contributed by atoms with E-state index in [1.165, 1.54) is 5.56 Å². The Hall–Kier alpha value is -2.82. The number of rotatable bonds is 4. The van der Waals surface area contributed by atoms with Crippen LogP contribution in [0.25, 0.3) is 17.3 Å². The van der Waals surface area contributed by atoms with Gasteiger partial charge in [-0.05, 0) is 50.3 Å². The lowest BCUT2D eigenvalue weighted by Crippen LogP contribution is -2.46. The van der Waals surface area contributed by atoms with Crippen molar-refractivity contribution in [2.24, 2.45) is 0 Å². The Bertz CT molecular complexity index is 998. The normalized spacial score (nSPS) is 16.1. The first kappa shape index (κ1) is 17.6. The molecule has 1 saturated carbocycles. The van der Waals surface area contributed by atoms with Gasteiger partial charge < -0.3 is 14.0 Å². The van der Waals surface area contributed by atoms with Gasteiger partial charge in [0.25, 0.3) is 0 Å². The van der Waals surface area contributed by atoms with Gasteiger partial charge in [0.05, 0.1) is 19.4 Å². The van der Waals surface area contributed by atoms with Gasteiger partial charge in [-0.15, -0.1) is 0 Å². The molecule has 4 rings (SSSR count). The number of pyridine rings is 1. The highest BCUT2D eigenvalue weighted by molar-refractivity contribution is 5.89. The molecule has 0 unspecified atom stereocenters. The number of hydrogen-bond donors (Lipinski definition) is 0. The molecule has 0 radical (unpaired) electrons. The Balaban J connectivity index is 1.96. The molecule has 1 aromatic carbocycles. The lowest BCUT2D eigenvalue weighted by Gasteiger charge is -2.48. The molecular formula is C22H23NO4. The molecule has 27 heavy (non-hydrogen) atoms. The number of aromatic nitrogens is 1. The third kappa shape index (κ3) is 2.60. The van der Waals surface area contributed by atoms with Crippen molar-refractivity contribution in [3.63, 3.8) is 0 Å². The lowest BCUT2D eigenvalue weighted by molar-refractivity contribution is 0.0521. The Labute approximate surface area is 158 Å². The summed E-state index contributed by atoms with van der Waals surface area (Å²) >= 11 is 0. The van der Waals surface area contributed by atoms with E-state index in [9.17, 15) is 9.59 Å². The highest BCUT2D eigenvalue weighted by atomic mass is 16.5. The molecule has 0 amide bonds. The van der Waals surface area contributed by atoms with Crippen LogP contribution >= 0.6 is 0 Å². The molecule has 5 heteroatoms. The number of carbonyl (C=O) groups is 1. The molecule has 140 valence electrons. The molecule has 0 bridgehead atoms. The fourth-order valence-electron chi connectivity index (χ4n) is 4.30. The van der Waals surface area contributed by atoms with Crippen LogP contribution < -0.4 is 10.2 Å². The summed E-state index contributed by atoms with van der Waals surface area (Å²) in [6, 6.07) is 5.64. The van der Waals surface area contributed by atoms with E-state index in [1.807, 2.05) is 6.07 Å². The van der Waals surface area contributed by atoms with Gasteiger partial charge in [0.1, 0.15) is 11.3 Å². The molecule has 1 fully saturated rings. The lowest BCUT2D eigenvalue weighted by atomic mass is 9.69. The van der Waals surface area contributed by atoms with Crippen LogP contribution in [0.1, 0.15) is 47.7 Å². The zero-order chi connectivity index (χ0) is 19.2. The summed E-state index contributed by atoms with van der Waals surface area (Å²) < 4.78 is 12.7.